The lowest BCUT2D eigenvalue weighted by molar-refractivity contribution is 0.410. The van der Waals surface area contributed by atoms with E-state index in [4.69, 9.17) is 32.7 Å². The molecule has 0 saturated carbocycles. The number of aryl methyl sites for hydroxylation is 1. The number of ether oxygens (including phenoxy) is 2. The standard InChI is InChI=1S/C26H22Cl2N2O6S2/c1-17-7-11-21(16-26(17)35-2)38(33,34)29-19-9-12-20(13-10-19)37(31,32)30-23-5-3-4-6-25(23)36-24-14-8-18(27)15-22(24)28/h3-16,29-30H,1-2H3. The Morgan fingerprint density at radius 1 is 0.684 bits per heavy atom. The lowest BCUT2D eigenvalue weighted by Crippen LogP contribution is -2.15. The zero-order valence-corrected chi connectivity index (χ0v) is 23.2. The smallest absolute Gasteiger partial charge is 0.262 e. The topological polar surface area (TPSA) is 111 Å². The molecule has 0 fully saturated rings. The Kier molecular flexibility index (Phi) is 8.08. The fraction of sp³-hybridized carbons (Fsp3) is 0.0769. The third-order valence-corrected chi connectivity index (χ3v) is 8.64. The molecule has 0 heterocycles. The van der Waals surface area contributed by atoms with Crippen LogP contribution in [-0.2, 0) is 20.0 Å². The van der Waals surface area contributed by atoms with Crippen molar-refractivity contribution in [2.45, 2.75) is 16.7 Å². The maximum atomic E-state index is 13.1. The first-order valence-corrected chi connectivity index (χ1v) is 14.7. The van der Waals surface area contributed by atoms with Crippen LogP contribution in [0.1, 0.15) is 5.56 Å². The summed E-state index contributed by atoms with van der Waals surface area (Å²) in [6, 6.07) is 20.9. The number of nitrogens with one attached hydrogen (secondary N) is 2. The van der Waals surface area contributed by atoms with Crippen LogP contribution >= 0.6 is 23.2 Å². The van der Waals surface area contributed by atoms with Crippen LogP contribution in [0.5, 0.6) is 17.2 Å². The Morgan fingerprint density at radius 2 is 1.34 bits per heavy atom. The van der Waals surface area contributed by atoms with Gasteiger partial charge in [-0.15, -0.1) is 0 Å². The highest BCUT2D eigenvalue weighted by molar-refractivity contribution is 7.93. The van der Waals surface area contributed by atoms with Crippen LogP contribution in [-0.4, -0.2) is 23.9 Å². The lowest BCUT2D eigenvalue weighted by atomic mass is 10.2. The van der Waals surface area contributed by atoms with Crippen molar-refractivity contribution in [2.24, 2.45) is 0 Å². The van der Waals surface area contributed by atoms with E-state index in [0.29, 0.717) is 16.5 Å². The fourth-order valence-corrected chi connectivity index (χ4v) is 5.99. The molecule has 8 nitrogen and oxygen atoms in total. The Hall–Kier alpha value is -3.44. The van der Waals surface area contributed by atoms with Gasteiger partial charge in [0.2, 0.25) is 0 Å². The first-order valence-electron chi connectivity index (χ1n) is 11.0. The molecule has 0 unspecified atom stereocenters. The summed E-state index contributed by atoms with van der Waals surface area (Å²) in [5.74, 6) is 0.951. The van der Waals surface area contributed by atoms with E-state index in [1.54, 1.807) is 43.3 Å². The van der Waals surface area contributed by atoms with Crippen molar-refractivity contribution in [3.63, 3.8) is 0 Å². The number of halogens is 2. The molecule has 0 radical (unpaired) electrons. The van der Waals surface area contributed by atoms with E-state index in [-0.39, 0.29) is 31.9 Å². The Balaban J connectivity index is 1.53. The van der Waals surface area contributed by atoms with Gasteiger partial charge < -0.3 is 9.47 Å². The summed E-state index contributed by atoms with van der Waals surface area (Å²) in [6.07, 6.45) is 0. The molecule has 4 rings (SSSR count). The highest BCUT2D eigenvalue weighted by atomic mass is 35.5. The van der Waals surface area contributed by atoms with Crippen molar-refractivity contribution in [1.82, 2.24) is 0 Å². The van der Waals surface area contributed by atoms with Gasteiger partial charge in [0.15, 0.2) is 5.75 Å². The van der Waals surface area contributed by atoms with E-state index in [1.807, 2.05) is 0 Å². The van der Waals surface area contributed by atoms with Crippen molar-refractivity contribution in [3.8, 4) is 17.2 Å². The number of hydrogen-bond donors (Lipinski definition) is 2. The zero-order valence-electron chi connectivity index (χ0n) is 20.1. The van der Waals surface area contributed by atoms with Gasteiger partial charge in [0.25, 0.3) is 20.0 Å². The minimum atomic E-state index is -4.05. The van der Waals surface area contributed by atoms with Crippen molar-refractivity contribution in [3.05, 3.63) is 101 Å². The van der Waals surface area contributed by atoms with Crippen LogP contribution in [0.2, 0.25) is 10.0 Å². The third kappa shape index (κ3) is 6.33. The van der Waals surface area contributed by atoms with Crippen LogP contribution in [0.25, 0.3) is 0 Å². The Labute approximate surface area is 231 Å². The number of anilines is 2. The maximum Gasteiger partial charge on any atom is 0.262 e. The average molecular weight is 594 g/mol. The molecule has 0 saturated heterocycles. The van der Waals surface area contributed by atoms with Crippen LogP contribution in [0.4, 0.5) is 11.4 Å². The number of benzene rings is 4. The van der Waals surface area contributed by atoms with E-state index < -0.39 is 20.0 Å². The SMILES string of the molecule is COc1cc(S(=O)(=O)Nc2ccc(S(=O)(=O)Nc3ccccc3Oc3ccc(Cl)cc3Cl)cc2)ccc1C. The highest BCUT2D eigenvalue weighted by Crippen LogP contribution is 2.36. The van der Waals surface area contributed by atoms with Crippen molar-refractivity contribution >= 4 is 54.6 Å². The first-order chi connectivity index (χ1) is 18.0. The molecule has 38 heavy (non-hydrogen) atoms. The quantitative estimate of drug-likeness (QED) is 0.223. The summed E-state index contributed by atoms with van der Waals surface area (Å²) in [6.45, 7) is 1.80. The highest BCUT2D eigenvalue weighted by Gasteiger charge is 2.19. The monoisotopic (exact) mass is 592 g/mol. The molecule has 0 aromatic heterocycles. The molecule has 4 aromatic rings. The first kappa shape index (κ1) is 27.6. The summed E-state index contributed by atoms with van der Waals surface area (Å²) in [5.41, 5.74) is 1.15. The predicted octanol–water partition coefficient (Wildman–Crippen LogP) is 6.70. The van der Waals surface area contributed by atoms with Crippen LogP contribution in [0.3, 0.4) is 0 Å². The molecular weight excluding hydrogens is 571 g/mol. The molecule has 12 heteroatoms. The molecule has 0 aliphatic carbocycles. The second-order valence-electron chi connectivity index (χ2n) is 8.04. The molecule has 0 bridgehead atoms. The molecule has 0 aliphatic heterocycles. The van der Waals surface area contributed by atoms with Gasteiger partial charge in [-0.2, -0.15) is 0 Å². The fourth-order valence-electron chi connectivity index (χ4n) is 3.40. The van der Waals surface area contributed by atoms with E-state index in [1.165, 1.54) is 55.6 Å². The second kappa shape index (κ2) is 11.1. The Bertz CT molecular complexity index is 1690. The van der Waals surface area contributed by atoms with Crippen molar-refractivity contribution in [1.29, 1.82) is 0 Å². The van der Waals surface area contributed by atoms with Gasteiger partial charge in [-0.3, -0.25) is 9.44 Å². The van der Waals surface area contributed by atoms with E-state index in [9.17, 15) is 16.8 Å². The number of para-hydroxylation sites is 2. The minimum Gasteiger partial charge on any atom is -0.496 e. The van der Waals surface area contributed by atoms with Gasteiger partial charge in [0.05, 0.1) is 27.6 Å². The summed E-state index contributed by atoms with van der Waals surface area (Å²) >= 11 is 12.1. The lowest BCUT2D eigenvalue weighted by Gasteiger charge is -2.15. The van der Waals surface area contributed by atoms with Gasteiger partial charge in [-0.25, -0.2) is 16.8 Å². The number of methoxy groups -OCH3 is 1. The predicted molar refractivity (Wildman–Crippen MR) is 149 cm³/mol. The summed E-state index contributed by atoms with van der Waals surface area (Å²) in [7, 11) is -6.53. The van der Waals surface area contributed by atoms with Crippen molar-refractivity contribution < 1.29 is 26.3 Å². The molecule has 0 atom stereocenters. The zero-order chi connectivity index (χ0) is 27.5. The van der Waals surface area contributed by atoms with Gasteiger partial charge in [-0.1, -0.05) is 41.4 Å². The van der Waals surface area contributed by atoms with Crippen LogP contribution in [0.15, 0.2) is 94.7 Å². The molecule has 0 amide bonds. The van der Waals surface area contributed by atoms with Crippen LogP contribution < -0.4 is 18.9 Å². The van der Waals surface area contributed by atoms with Crippen molar-refractivity contribution in [2.75, 3.05) is 16.6 Å². The van der Waals surface area contributed by atoms with Gasteiger partial charge >= 0.3 is 0 Å². The minimum absolute atomic E-state index is 0.00992. The van der Waals surface area contributed by atoms with Gasteiger partial charge in [-0.05, 0) is 73.2 Å². The number of sulfonamides is 2. The summed E-state index contributed by atoms with van der Waals surface area (Å²) < 4.78 is 67.7. The second-order valence-corrected chi connectivity index (χ2v) is 12.2. The Morgan fingerprint density at radius 3 is 2.03 bits per heavy atom. The number of hydrogen-bond acceptors (Lipinski definition) is 6. The van der Waals surface area contributed by atoms with E-state index in [2.05, 4.69) is 9.44 Å². The summed E-state index contributed by atoms with van der Waals surface area (Å²) in [4.78, 5) is -0.0764. The van der Waals surface area contributed by atoms with Crippen LogP contribution in [0, 0.1) is 6.92 Å². The molecule has 198 valence electrons. The normalized spacial score (nSPS) is 11.6. The van der Waals surface area contributed by atoms with Gasteiger partial charge in [0.1, 0.15) is 11.5 Å². The molecule has 0 spiro atoms. The molecule has 4 aromatic carbocycles. The maximum absolute atomic E-state index is 13.1. The largest absolute Gasteiger partial charge is 0.496 e. The van der Waals surface area contributed by atoms with E-state index >= 15 is 0 Å². The molecule has 2 N–H and O–H groups in total. The third-order valence-electron chi connectivity index (χ3n) is 5.35. The van der Waals surface area contributed by atoms with Gasteiger partial charge in [0, 0.05) is 16.8 Å². The average Bonchev–Trinajstić information content (AvgIpc) is 2.87. The molecular formula is C26H22Cl2N2O6S2. The summed E-state index contributed by atoms with van der Waals surface area (Å²) in [5, 5.41) is 0.693. The number of rotatable bonds is 9. The van der Waals surface area contributed by atoms with E-state index in [0.717, 1.165) is 5.56 Å². The molecule has 0 aliphatic rings.